The number of carbonyl (C=O) groups excluding carboxylic acids is 2. The Morgan fingerprint density at radius 1 is 1.05 bits per heavy atom. The van der Waals surface area contributed by atoms with Gasteiger partial charge in [0, 0.05) is 25.0 Å². The summed E-state index contributed by atoms with van der Waals surface area (Å²) in [4.78, 5) is 26.9. The van der Waals surface area contributed by atoms with E-state index in [1.54, 1.807) is 0 Å². The molecule has 0 aromatic rings. The average molecular weight is 306 g/mol. The fourth-order valence-electron chi connectivity index (χ4n) is 4.72. The van der Waals surface area contributed by atoms with Crippen LogP contribution in [-0.2, 0) is 9.59 Å². The van der Waals surface area contributed by atoms with Crippen molar-refractivity contribution in [1.82, 2.24) is 10.2 Å². The molecule has 124 valence electrons. The quantitative estimate of drug-likeness (QED) is 0.871. The van der Waals surface area contributed by atoms with Gasteiger partial charge in [0.25, 0.3) is 0 Å². The molecule has 0 bridgehead atoms. The maximum Gasteiger partial charge on any atom is 0.225 e. The molecular weight excluding hydrogens is 276 g/mol. The van der Waals surface area contributed by atoms with Crippen LogP contribution in [-0.4, -0.2) is 35.3 Å². The van der Waals surface area contributed by atoms with Crippen LogP contribution >= 0.6 is 0 Å². The van der Waals surface area contributed by atoms with E-state index in [2.05, 4.69) is 19.2 Å². The Morgan fingerprint density at radius 2 is 1.68 bits per heavy atom. The number of amides is 2. The van der Waals surface area contributed by atoms with Crippen LogP contribution in [0.25, 0.3) is 0 Å². The Bertz CT molecular complexity index is 421. The molecule has 1 aliphatic heterocycles. The third kappa shape index (κ3) is 3.16. The van der Waals surface area contributed by atoms with Crippen LogP contribution in [0.3, 0.4) is 0 Å². The van der Waals surface area contributed by atoms with Crippen molar-refractivity contribution in [2.24, 2.45) is 17.8 Å². The first-order chi connectivity index (χ1) is 10.6. The highest BCUT2D eigenvalue weighted by Gasteiger charge is 2.40. The summed E-state index contributed by atoms with van der Waals surface area (Å²) in [7, 11) is 0. The van der Waals surface area contributed by atoms with E-state index in [0.717, 1.165) is 12.8 Å². The van der Waals surface area contributed by atoms with Crippen LogP contribution < -0.4 is 5.32 Å². The molecule has 2 saturated carbocycles. The second-order valence-electron chi connectivity index (χ2n) is 7.81. The fourth-order valence-corrected chi connectivity index (χ4v) is 4.72. The molecule has 2 aliphatic carbocycles. The van der Waals surface area contributed by atoms with E-state index in [1.165, 1.54) is 32.1 Å². The van der Waals surface area contributed by atoms with Crippen LogP contribution in [0.2, 0.25) is 0 Å². The summed E-state index contributed by atoms with van der Waals surface area (Å²) in [5.74, 6) is 1.28. The first-order valence-corrected chi connectivity index (χ1v) is 9.16. The Morgan fingerprint density at radius 3 is 2.32 bits per heavy atom. The molecule has 1 saturated heterocycles. The molecule has 1 heterocycles. The highest BCUT2D eigenvalue weighted by Crippen LogP contribution is 2.31. The zero-order valence-corrected chi connectivity index (χ0v) is 14.0. The fraction of sp³-hybridized carbons (Fsp3) is 0.889. The highest BCUT2D eigenvalue weighted by atomic mass is 16.2. The van der Waals surface area contributed by atoms with Crippen LogP contribution in [0.4, 0.5) is 0 Å². The van der Waals surface area contributed by atoms with E-state index in [4.69, 9.17) is 0 Å². The molecule has 1 N–H and O–H groups in total. The van der Waals surface area contributed by atoms with E-state index in [1.807, 2.05) is 4.90 Å². The van der Waals surface area contributed by atoms with Crippen LogP contribution in [0.1, 0.15) is 65.2 Å². The van der Waals surface area contributed by atoms with Crippen molar-refractivity contribution in [1.29, 1.82) is 0 Å². The molecule has 0 radical (unpaired) electrons. The van der Waals surface area contributed by atoms with E-state index >= 15 is 0 Å². The van der Waals surface area contributed by atoms with Gasteiger partial charge < -0.3 is 10.2 Å². The number of hydrogen-bond acceptors (Lipinski definition) is 2. The summed E-state index contributed by atoms with van der Waals surface area (Å²) in [6, 6.07) is 0.690. The zero-order valence-electron chi connectivity index (χ0n) is 14.0. The average Bonchev–Trinajstić information content (AvgIpc) is 3.11. The summed E-state index contributed by atoms with van der Waals surface area (Å²) in [5, 5.41) is 3.27. The summed E-state index contributed by atoms with van der Waals surface area (Å²) in [5.41, 5.74) is 0. The summed E-state index contributed by atoms with van der Waals surface area (Å²) in [6.45, 7) is 5.13. The molecule has 3 rings (SSSR count). The van der Waals surface area contributed by atoms with Gasteiger partial charge >= 0.3 is 0 Å². The summed E-state index contributed by atoms with van der Waals surface area (Å²) >= 11 is 0. The first kappa shape index (κ1) is 15.8. The van der Waals surface area contributed by atoms with E-state index in [-0.39, 0.29) is 23.8 Å². The summed E-state index contributed by atoms with van der Waals surface area (Å²) < 4.78 is 0. The van der Waals surface area contributed by atoms with Crippen LogP contribution in [0, 0.1) is 17.8 Å². The van der Waals surface area contributed by atoms with Crippen molar-refractivity contribution >= 4 is 11.8 Å². The van der Waals surface area contributed by atoms with Gasteiger partial charge in [-0.25, -0.2) is 0 Å². The minimum Gasteiger partial charge on any atom is -0.353 e. The summed E-state index contributed by atoms with van der Waals surface area (Å²) in [6.07, 6.45) is 8.78. The molecule has 4 nitrogen and oxygen atoms in total. The molecule has 3 aliphatic rings. The van der Waals surface area contributed by atoms with Gasteiger partial charge in [0.15, 0.2) is 0 Å². The smallest absolute Gasteiger partial charge is 0.225 e. The second kappa shape index (κ2) is 6.59. The normalized spacial score (nSPS) is 36.8. The molecule has 0 spiro atoms. The van der Waals surface area contributed by atoms with Crippen molar-refractivity contribution < 1.29 is 9.59 Å². The van der Waals surface area contributed by atoms with Crippen molar-refractivity contribution in [3.63, 3.8) is 0 Å². The molecule has 4 heteroatoms. The number of nitrogens with one attached hydrogen (secondary N) is 1. The maximum absolute atomic E-state index is 12.6. The number of likely N-dealkylation sites (tertiary alicyclic amines) is 1. The van der Waals surface area contributed by atoms with Crippen molar-refractivity contribution in [2.75, 3.05) is 6.54 Å². The maximum atomic E-state index is 12.6. The minimum atomic E-state index is -0.130. The van der Waals surface area contributed by atoms with E-state index < -0.39 is 0 Å². The van der Waals surface area contributed by atoms with Gasteiger partial charge in [0.2, 0.25) is 11.8 Å². The lowest BCUT2D eigenvalue weighted by molar-refractivity contribution is -0.130. The highest BCUT2D eigenvalue weighted by molar-refractivity contribution is 5.89. The van der Waals surface area contributed by atoms with Crippen molar-refractivity contribution in [2.45, 2.75) is 77.3 Å². The first-order valence-electron chi connectivity index (χ1n) is 9.16. The molecule has 2 amide bonds. The Balaban J connectivity index is 1.57. The van der Waals surface area contributed by atoms with Gasteiger partial charge in [-0.2, -0.15) is 0 Å². The lowest BCUT2D eigenvalue weighted by Gasteiger charge is -2.35. The van der Waals surface area contributed by atoms with Crippen molar-refractivity contribution in [3.8, 4) is 0 Å². The molecule has 3 fully saturated rings. The van der Waals surface area contributed by atoms with Gasteiger partial charge in [-0.05, 0) is 37.5 Å². The van der Waals surface area contributed by atoms with Gasteiger partial charge in [0.1, 0.15) is 0 Å². The van der Waals surface area contributed by atoms with Crippen LogP contribution in [0.5, 0.6) is 0 Å². The Kier molecular flexibility index (Phi) is 4.74. The molecule has 22 heavy (non-hydrogen) atoms. The zero-order chi connectivity index (χ0) is 15.7. The monoisotopic (exact) mass is 306 g/mol. The molecule has 3 atom stereocenters. The van der Waals surface area contributed by atoms with E-state index in [0.29, 0.717) is 30.8 Å². The molecule has 0 aromatic carbocycles. The number of carbonyl (C=O) groups is 2. The predicted octanol–water partition coefficient (Wildman–Crippen LogP) is 2.72. The number of nitrogens with zero attached hydrogens (tertiary/aromatic N) is 1. The van der Waals surface area contributed by atoms with Crippen LogP contribution in [0.15, 0.2) is 0 Å². The molecule has 3 unspecified atom stereocenters. The van der Waals surface area contributed by atoms with Gasteiger partial charge in [-0.3, -0.25) is 9.59 Å². The largest absolute Gasteiger partial charge is 0.353 e. The molecule has 0 aromatic heterocycles. The Labute approximate surface area is 134 Å². The van der Waals surface area contributed by atoms with E-state index in [9.17, 15) is 9.59 Å². The minimum absolute atomic E-state index is 0.111. The van der Waals surface area contributed by atoms with Crippen molar-refractivity contribution in [3.05, 3.63) is 0 Å². The lowest BCUT2D eigenvalue weighted by Crippen LogP contribution is -2.48. The number of rotatable bonds is 3. The number of hydrogen-bond donors (Lipinski definition) is 1. The SMILES string of the molecule is CC1CCCC(C)C1NC(=O)C1CC(=O)N(C2CCCC2)C1. The lowest BCUT2D eigenvalue weighted by atomic mass is 9.78. The van der Waals surface area contributed by atoms with Gasteiger partial charge in [-0.15, -0.1) is 0 Å². The third-order valence-electron chi connectivity index (χ3n) is 6.15. The van der Waals surface area contributed by atoms with Gasteiger partial charge in [0.05, 0.1) is 5.92 Å². The second-order valence-corrected chi connectivity index (χ2v) is 7.81. The molecular formula is C18H30N2O2. The standard InChI is InChI=1S/C18H30N2O2/c1-12-6-5-7-13(2)17(12)19-18(22)14-10-16(21)20(11-14)15-8-3-4-9-15/h12-15,17H,3-11H2,1-2H3,(H,19,22). The van der Waals surface area contributed by atoms with Gasteiger partial charge in [-0.1, -0.05) is 33.1 Å². The Hall–Kier alpha value is -1.06. The topological polar surface area (TPSA) is 49.4 Å². The third-order valence-corrected chi connectivity index (χ3v) is 6.15. The predicted molar refractivity (Wildman–Crippen MR) is 86.2 cm³/mol.